The van der Waals surface area contributed by atoms with E-state index in [1.54, 1.807) is 39.2 Å². The molecule has 10 heteroatoms. The largest absolute Gasteiger partial charge is 0.496 e. The second-order valence-corrected chi connectivity index (χ2v) is 9.38. The number of halogens is 1. The van der Waals surface area contributed by atoms with Gasteiger partial charge in [-0.15, -0.1) is 0 Å². The number of hydrogen-bond donors (Lipinski definition) is 2. The van der Waals surface area contributed by atoms with E-state index < -0.39 is 10.0 Å². The van der Waals surface area contributed by atoms with Crippen molar-refractivity contribution in [2.45, 2.75) is 18.7 Å². The molecule has 1 amide bonds. The Morgan fingerprint density at radius 3 is 2.44 bits per heavy atom. The van der Waals surface area contributed by atoms with Gasteiger partial charge in [-0.05, 0) is 62.4 Å². The molecule has 0 aliphatic heterocycles. The average Bonchev–Trinajstić information content (AvgIpc) is 2.71. The van der Waals surface area contributed by atoms with E-state index in [2.05, 4.69) is 35.9 Å². The van der Waals surface area contributed by atoms with Crippen molar-refractivity contribution in [3.63, 3.8) is 0 Å². The lowest BCUT2D eigenvalue weighted by molar-refractivity contribution is -0.111. The van der Waals surface area contributed by atoms with Gasteiger partial charge in [-0.1, -0.05) is 15.9 Å². The minimum atomic E-state index is -3.84. The lowest BCUT2D eigenvalue weighted by Crippen LogP contribution is -2.15. The third kappa shape index (κ3) is 6.14. The van der Waals surface area contributed by atoms with Gasteiger partial charge in [0.15, 0.2) is 0 Å². The van der Waals surface area contributed by atoms with E-state index in [0.717, 1.165) is 10.0 Å². The minimum Gasteiger partial charge on any atom is -0.496 e. The van der Waals surface area contributed by atoms with Crippen LogP contribution in [0.25, 0.3) is 6.08 Å². The molecule has 3 aromatic rings. The Hall–Kier alpha value is -3.24. The first-order valence-electron chi connectivity index (χ1n) is 9.44. The summed E-state index contributed by atoms with van der Waals surface area (Å²) in [5, 5.41) is 2.69. The van der Waals surface area contributed by atoms with Crippen LogP contribution in [0.15, 0.2) is 64.0 Å². The van der Waals surface area contributed by atoms with E-state index in [4.69, 9.17) is 4.74 Å². The molecule has 0 fully saturated rings. The molecule has 2 aromatic carbocycles. The Balaban J connectivity index is 1.69. The van der Waals surface area contributed by atoms with Gasteiger partial charge in [0.2, 0.25) is 5.91 Å². The summed E-state index contributed by atoms with van der Waals surface area (Å²) in [4.78, 5) is 20.5. The number of nitrogens with one attached hydrogen (secondary N) is 2. The lowest BCUT2D eigenvalue weighted by atomic mass is 10.2. The number of methoxy groups -OCH3 is 1. The molecule has 0 aliphatic carbocycles. The molecule has 0 saturated heterocycles. The Kier molecular flexibility index (Phi) is 7.26. The summed E-state index contributed by atoms with van der Waals surface area (Å²) in [5.74, 6) is 0.927. The highest BCUT2D eigenvalue weighted by molar-refractivity contribution is 9.10. The Morgan fingerprint density at radius 2 is 1.78 bits per heavy atom. The van der Waals surface area contributed by atoms with Gasteiger partial charge in [-0.3, -0.25) is 9.52 Å². The Morgan fingerprint density at radius 1 is 1.06 bits per heavy atom. The molecule has 2 N–H and O–H groups in total. The summed E-state index contributed by atoms with van der Waals surface area (Å²) in [6, 6.07) is 12.8. The molecular weight excluding hydrogens is 496 g/mol. The fourth-order valence-electron chi connectivity index (χ4n) is 2.87. The molecule has 3 rings (SSSR count). The van der Waals surface area contributed by atoms with Crippen LogP contribution in [0, 0.1) is 13.8 Å². The zero-order valence-corrected chi connectivity index (χ0v) is 20.0. The van der Waals surface area contributed by atoms with Gasteiger partial charge in [0.1, 0.15) is 17.4 Å². The van der Waals surface area contributed by atoms with Crippen molar-refractivity contribution in [1.29, 1.82) is 0 Å². The molecule has 0 radical (unpaired) electrons. The number of benzene rings is 2. The van der Waals surface area contributed by atoms with Gasteiger partial charge >= 0.3 is 0 Å². The first kappa shape index (κ1) is 23.4. The topological polar surface area (TPSA) is 110 Å². The molecule has 0 spiro atoms. The Labute approximate surface area is 194 Å². The summed E-state index contributed by atoms with van der Waals surface area (Å²) in [6.07, 6.45) is 3.00. The molecule has 0 aliphatic rings. The molecule has 1 heterocycles. The van der Waals surface area contributed by atoms with Crippen LogP contribution in [0.3, 0.4) is 0 Å². The van der Waals surface area contributed by atoms with Crippen molar-refractivity contribution in [2.75, 3.05) is 17.1 Å². The van der Waals surface area contributed by atoms with Crippen LogP contribution in [-0.4, -0.2) is 31.4 Å². The van der Waals surface area contributed by atoms with Crippen LogP contribution in [0.4, 0.5) is 11.5 Å². The third-order valence-corrected chi connectivity index (χ3v) is 6.11. The standard InChI is InChI=1S/C22H21BrN4O4S/c1-14-12-21(25-15(2)24-14)27-32(29,30)19-8-6-18(7-9-19)26-22(28)11-4-16-13-17(23)5-10-20(16)31-3/h4-13H,1-3H3,(H,26,28)(H,24,25,27)/b11-4+. The van der Waals surface area contributed by atoms with Crippen molar-refractivity contribution in [3.8, 4) is 5.75 Å². The first-order chi connectivity index (χ1) is 15.2. The number of carbonyl (C=O) groups is 1. The normalized spacial score (nSPS) is 11.4. The fourth-order valence-corrected chi connectivity index (χ4v) is 4.24. The number of nitrogens with zero attached hydrogens (tertiary/aromatic N) is 2. The average molecular weight is 517 g/mol. The summed E-state index contributed by atoms with van der Waals surface area (Å²) in [7, 11) is -2.28. The minimum absolute atomic E-state index is 0.0406. The smallest absolute Gasteiger partial charge is 0.263 e. The summed E-state index contributed by atoms with van der Waals surface area (Å²) in [5.41, 5.74) is 1.84. The van der Waals surface area contributed by atoms with Gasteiger partial charge in [0.05, 0.1) is 12.0 Å². The number of anilines is 2. The number of amides is 1. The summed E-state index contributed by atoms with van der Waals surface area (Å²) in [6.45, 7) is 3.44. The highest BCUT2D eigenvalue weighted by Gasteiger charge is 2.15. The molecule has 166 valence electrons. The lowest BCUT2D eigenvalue weighted by Gasteiger charge is -2.09. The number of hydrogen-bond acceptors (Lipinski definition) is 6. The molecule has 0 bridgehead atoms. The number of aryl methyl sites for hydroxylation is 2. The number of sulfonamides is 1. The van der Waals surface area contributed by atoms with Crippen LogP contribution in [0.1, 0.15) is 17.1 Å². The second-order valence-electron chi connectivity index (χ2n) is 6.78. The number of aromatic nitrogens is 2. The van der Waals surface area contributed by atoms with E-state index in [1.165, 1.54) is 30.3 Å². The quantitative estimate of drug-likeness (QED) is 0.452. The van der Waals surface area contributed by atoms with Gasteiger partial charge < -0.3 is 10.1 Å². The van der Waals surface area contributed by atoms with Crippen LogP contribution in [-0.2, 0) is 14.8 Å². The molecule has 32 heavy (non-hydrogen) atoms. The first-order valence-corrected chi connectivity index (χ1v) is 11.7. The third-order valence-electron chi connectivity index (χ3n) is 4.24. The predicted octanol–water partition coefficient (Wildman–Crippen LogP) is 4.32. The zero-order valence-electron chi connectivity index (χ0n) is 17.6. The van der Waals surface area contributed by atoms with Gasteiger partial charge in [-0.25, -0.2) is 18.4 Å². The van der Waals surface area contributed by atoms with Gasteiger partial charge in [0.25, 0.3) is 10.0 Å². The number of ether oxygens (including phenoxy) is 1. The van der Waals surface area contributed by atoms with Crippen LogP contribution < -0.4 is 14.8 Å². The monoisotopic (exact) mass is 516 g/mol. The van der Waals surface area contributed by atoms with E-state index >= 15 is 0 Å². The maximum atomic E-state index is 12.6. The fraction of sp³-hybridized carbons (Fsp3) is 0.136. The van der Waals surface area contributed by atoms with Crippen LogP contribution in [0.5, 0.6) is 5.75 Å². The van der Waals surface area contributed by atoms with Crippen molar-refractivity contribution in [2.24, 2.45) is 0 Å². The van der Waals surface area contributed by atoms with Crippen molar-refractivity contribution in [3.05, 3.63) is 76.2 Å². The SMILES string of the molecule is COc1ccc(Br)cc1/C=C/C(=O)Nc1ccc(S(=O)(=O)Nc2cc(C)nc(C)n2)cc1. The molecule has 1 aromatic heterocycles. The van der Waals surface area contributed by atoms with Crippen LogP contribution >= 0.6 is 15.9 Å². The highest BCUT2D eigenvalue weighted by Crippen LogP contribution is 2.24. The summed E-state index contributed by atoms with van der Waals surface area (Å²) < 4.78 is 33.8. The zero-order chi connectivity index (χ0) is 23.3. The molecule has 0 atom stereocenters. The van der Waals surface area contributed by atoms with E-state index in [1.807, 2.05) is 12.1 Å². The number of carbonyl (C=O) groups excluding carboxylic acids is 1. The van der Waals surface area contributed by atoms with E-state index in [9.17, 15) is 13.2 Å². The molecule has 0 unspecified atom stereocenters. The Bertz CT molecular complexity index is 1260. The maximum absolute atomic E-state index is 12.6. The molecule has 0 saturated carbocycles. The van der Waals surface area contributed by atoms with Gasteiger partial charge in [0, 0.05) is 33.6 Å². The highest BCUT2D eigenvalue weighted by atomic mass is 79.9. The second kappa shape index (κ2) is 9.92. The molecule has 8 nitrogen and oxygen atoms in total. The van der Waals surface area contributed by atoms with Crippen LogP contribution in [0.2, 0.25) is 0 Å². The predicted molar refractivity (Wildman–Crippen MR) is 127 cm³/mol. The maximum Gasteiger partial charge on any atom is 0.263 e. The van der Waals surface area contributed by atoms with E-state index in [-0.39, 0.29) is 16.6 Å². The van der Waals surface area contributed by atoms with Crippen molar-refractivity contribution < 1.29 is 17.9 Å². The van der Waals surface area contributed by atoms with Gasteiger partial charge in [-0.2, -0.15) is 0 Å². The van der Waals surface area contributed by atoms with Crippen molar-refractivity contribution >= 4 is 49.4 Å². The van der Waals surface area contributed by atoms with E-state index in [0.29, 0.717) is 23.0 Å². The number of rotatable bonds is 7. The van der Waals surface area contributed by atoms with Crippen molar-refractivity contribution in [1.82, 2.24) is 9.97 Å². The summed E-state index contributed by atoms with van der Waals surface area (Å²) >= 11 is 3.39. The molecular formula is C22H21BrN4O4S.